The van der Waals surface area contributed by atoms with E-state index in [4.69, 9.17) is 15.2 Å². The van der Waals surface area contributed by atoms with Gasteiger partial charge in [-0.05, 0) is 43.6 Å². The van der Waals surface area contributed by atoms with Crippen molar-refractivity contribution in [1.29, 1.82) is 0 Å². The molecule has 4 nitrogen and oxygen atoms in total. The molecule has 2 rings (SSSR count). The predicted molar refractivity (Wildman–Crippen MR) is 76.5 cm³/mol. The molecule has 1 aromatic carbocycles. The number of fused-ring (bicyclic) bond motifs is 1. The van der Waals surface area contributed by atoms with Crippen LogP contribution >= 0.6 is 0 Å². The fraction of sp³-hybridized carbons (Fsp3) is 0.600. The smallest absolute Gasteiger partial charge is 0.231 e. The van der Waals surface area contributed by atoms with Crippen molar-refractivity contribution in [2.24, 2.45) is 5.73 Å². The second kappa shape index (κ2) is 6.78. The molecular weight excluding hydrogens is 240 g/mol. The molecule has 2 N–H and O–H groups in total. The highest BCUT2D eigenvalue weighted by Gasteiger charge is 2.21. The Kier molecular flexibility index (Phi) is 5.05. The van der Waals surface area contributed by atoms with E-state index in [-0.39, 0.29) is 6.04 Å². The molecule has 1 atom stereocenters. The molecule has 106 valence electrons. The highest BCUT2D eigenvalue weighted by molar-refractivity contribution is 5.45. The van der Waals surface area contributed by atoms with Crippen LogP contribution in [0.5, 0.6) is 11.5 Å². The zero-order valence-electron chi connectivity index (χ0n) is 11.9. The standard InChI is InChI=1S/C15H24N2O2/c1-3-7-17(8-4-2)13(10-16)12-5-6-14-15(9-12)19-11-18-14/h5-6,9,13H,3-4,7-8,10-11,16H2,1-2H3. The van der Waals surface area contributed by atoms with Gasteiger partial charge in [0.15, 0.2) is 11.5 Å². The molecule has 0 aliphatic carbocycles. The number of ether oxygens (including phenoxy) is 2. The number of rotatable bonds is 7. The van der Waals surface area contributed by atoms with Gasteiger partial charge in [-0.3, -0.25) is 4.90 Å². The Morgan fingerprint density at radius 3 is 2.47 bits per heavy atom. The SMILES string of the molecule is CCCN(CCC)C(CN)c1ccc2c(c1)OCO2. The number of hydrogen-bond donors (Lipinski definition) is 1. The van der Waals surface area contributed by atoms with Crippen molar-refractivity contribution in [3.05, 3.63) is 23.8 Å². The summed E-state index contributed by atoms with van der Waals surface area (Å²) in [4.78, 5) is 2.46. The number of benzene rings is 1. The fourth-order valence-corrected chi connectivity index (χ4v) is 2.61. The van der Waals surface area contributed by atoms with Gasteiger partial charge in [-0.1, -0.05) is 19.9 Å². The Bertz CT molecular complexity index is 403. The lowest BCUT2D eigenvalue weighted by atomic mass is 10.0. The molecule has 1 aliphatic rings. The molecule has 0 spiro atoms. The van der Waals surface area contributed by atoms with Crippen molar-refractivity contribution < 1.29 is 9.47 Å². The maximum absolute atomic E-state index is 6.00. The molecule has 0 saturated heterocycles. The lowest BCUT2D eigenvalue weighted by Gasteiger charge is -2.30. The molecule has 19 heavy (non-hydrogen) atoms. The van der Waals surface area contributed by atoms with Gasteiger partial charge < -0.3 is 15.2 Å². The van der Waals surface area contributed by atoms with Crippen LogP contribution in [-0.4, -0.2) is 31.3 Å². The molecule has 0 saturated carbocycles. The lowest BCUT2D eigenvalue weighted by molar-refractivity contribution is 0.173. The molecule has 0 aromatic heterocycles. The van der Waals surface area contributed by atoms with Gasteiger partial charge in [-0.2, -0.15) is 0 Å². The first-order chi connectivity index (χ1) is 9.30. The summed E-state index contributed by atoms with van der Waals surface area (Å²) in [5.74, 6) is 1.67. The fourth-order valence-electron chi connectivity index (χ4n) is 2.61. The summed E-state index contributed by atoms with van der Waals surface area (Å²) < 4.78 is 10.8. The minimum absolute atomic E-state index is 0.259. The van der Waals surface area contributed by atoms with Crippen LogP contribution in [0, 0.1) is 0 Å². The van der Waals surface area contributed by atoms with Gasteiger partial charge in [-0.25, -0.2) is 0 Å². The van der Waals surface area contributed by atoms with E-state index in [2.05, 4.69) is 30.9 Å². The van der Waals surface area contributed by atoms with Crippen LogP contribution in [0.15, 0.2) is 18.2 Å². The van der Waals surface area contributed by atoms with Gasteiger partial charge in [0.05, 0.1) is 0 Å². The molecule has 0 amide bonds. The van der Waals surface area contributed by atoms with Crippen LogP contribution in [0.2, 0.25) is 0 Å². The van der Waals surface area contributed by atoms with Crippen LogP contribution in [-0.2, 0) is 0 Å². The molecule has 0 radical (unpaired) electrons. The quantitative estimate of drug-likeness (QED) is 0.822. The van der Waals surface area contributed by atoms with Crippen molar-refractivity contribution in [3.8, 4) is 11.5 Å². The average Bonchev–Trinajstić information content (AvgIpc) is 2.87. The van der Waals surface area contributed by atoms with Crippen molar-refractivity contribution in [1.82, 2.24) is 4.90 Å². The summed E-state index contributed by atoms with van der Waals surface area (Å²) in [5, 5.41) is 0. The van der Waals surface area contributed by atoms with E-state index < -0.39 is 0 Å². The highest BCUT2D eigenvalue weighted by Crippen LogP contribution is 2.35. The molecule has 1 aliphatic heterocycles. The second-order valence-electron chi connectivity index (χ2n) is 4.90. The van der Waals surface area contributed by atoms with Crippen molar-refractivity contribution >= 4 is 0 Å². The molecule has 1 heterocycles. The van der Waals surface area contributed by atoms with Crippen molar-refractivity contribution in [2.75, 3.05) is 26.4 Å². The molecule has 1 unspecified atom stereocenters. The van der Waals surface area contributed by atoms with E-state index in [1.807, 2.05) is 6.07 Å². The normalized spacial score (nSPS) is 14.9. The van der Waals surface area contributed by atoms with E-state index >= 15 is 0 Å². The molecule has 0 fully saturated rings. The number of hydrogen-bond acceptors (Lipinski definition) is 4. The monoisotopic (exact) mass is 264 g/mol. The topological polar surface area (TPSA) is 47.7 Å². The summed E-state index contributed by atoms with van der Waals surface area (Å²) >= 11 is 0. The Labute approximate surface area is 115 Å². The number of nitrogens with zero attached hydrogens (tertiary/aromatic N) is 1. The first-order valence-electron chi connectivity index (χ1n) is 7.13. The number of nitrogens with two attached hydrogens (primary N) is 1. The maximum Gasteiger partial charge on any atom is 0.231 e. The Hall–Kier alpha value is -1.26. The largest absolute Gasteiger partial charge is 0.454 e. The van der Waals surface area contributed by atoms with Crippen LogP contribution in [0.1, 0.15) is 38.3 Å². The van der Waals surface area contributed by atoms with Crippen LogP contribution < -0.4 is 15.2 Å². The second-order valence-corrected chi connectivity index (χ2v) is 4.90. The summed E-state index contributed by atoms with van der Waals surface area (Å²) in [6, 6.07) is 6.41. The first-order valence-corrected chi connectivity index (χ1v) is 7.13. The zero-order valence-corrected chi connectivity index (χ0v) is 11.9. The van der Waals surface area contributed by atoms with E-state index in [1.165, 1.54) is 5.56 Å². The summed E-state index contributed by atoms with van der Waals surface area (Å²) in [6.45, 7) is 7.50. The van der Waals surface area contributed by atoms with Gasteiger partial charge in [0.1, 0.15) is 0 Å². The summed E-state index contributed by atoms with van der Waals surface area (Å²) in [7, 11) is 0. The van der Waals surface area contributed by atoms with Gasteiger partial charge >= 0.3 is 0 Å². The van der Waals surface area contributed by atoms with Gasteiger partial charge in [-0.15, -0.1) is 0 Å². The predicted octanol–water partition coefficient (Wildman–Crippen LogP) is 2.54. The zero-order chi connectivity index (χ0) is 13.7. The van der Waals surface area contributed by atoms with Crippen LogP contribution in [0.4, 0.5) is 0 Å². The third kappa shape index (κ3) is 3.19. The van der Waals surface area contributed by atoms with Crippen LogP contribution in [0.25, 0.3) is 0 Å². The van der Waals surface area contributed by atoms with Gasteiger partial charge in [0.2, 0.25) is 6.79 Å². The van der Waals surface area contributed by atoms with Gasteiger partial charge in [0, 0.05) is 12.6 Å². The molecular formula is C15H24N2O2. The highest BCUT2D eigenvalue weighted by atomic mass is 16.7. The summed E-state index contributed by atoms with van der Waals surface area (Å²) in [5.41, 5.74) is 7.21. The molecule has 1 aromatic rings. The first kappa shape index (κ1) is 14.2. The van der Waals surface area contributed by atoms with Crippen molar-refractivity contribution in [3.63, 3.8) is 0 Å². The van der Waals surface area contributed by atoms with E-state index in [0.717, 1.165) is 37.4 Å². The molecule has 4 heteroatoms. The van der Waals surface area contributed by atoms with Gasteiger partial charge in [0.25, 0.3) is 0 Å². The Balaban J connectivity index is 2.19. The minimum Gasteiger partial charge on any atom is -0.454 e. The van der Waals surface area contributed by atoms with Crippen molar-refractivity contribution in [2.45, 2.75) is 32.7 Å². The van der Waals surface area contributed by atoms with E-state index in [0.29, 0.717) is 13.3 Å². The third-order valence-electron chi connectivity index (χ3n) is 3.47. The Morgan fingerprint density at radius 1 is 1.16 bits per heavy atom. The minimum atomic E-state index is 0.259. The third-order valence-corrected chi connectivity index (χ3v) is 3.47. The maximum atomic E-state index is 6.00. The molecule has 0 bridgehead atoms. The van der Waals surface area contributed by atoms with E-state index in [1.54, 1.807) is 0 Å². The Morgan fingerprint density at radius 2 is 1.84 bits per heavy atom. The average molecular weight is 264 g/mol. The van der Waals surface area contributed by atoms with E-state index in [9.17, 15) is 0 Å². The van der Waals surface area contributed by atoms with Crippen LogP contribution in [0.3, 0.4) is 0 Å². The lowest BCUT2D eigenvalue weighted by Crippen LogP contribution is -2.35. The summed E-state index contributed by atoms with van der Waals surface area (Å²) in [6.07, 6.45) is 2.28.